The first-order valence-electron chi connectivity index (χ1n) is 13.3. The predicted molar refractivity (Wildman–Crippen MR) is 153 cm³/mol. The number of sulfonamides is 1. The number of hydrogen-bond donors (Lipinski definition) is 2. The van der Waals surface area contributed by atoms with Crippen molar-refractivity contribution < 1.29 is 22.7 Å². The van der Waals surface area contributed by atoms with Crippen LogP contribution in [-0.4, -0.2) is 39.8 Å². The summed E-state index contributed by atoms with van der Waals surface area (Å²) >= 11 is 0. The number of hydrogen-bond acceptors (Lipinski definition) is 5. The van der Waals surface area contributed by atoms with Gasteiger partial charge in [0.05, 0.1) is 12.9 Å². The molecule has 0 radical (unpaired) electrons. The van der Waals surface area contributed by atoms with Crippen LogP contribution in [0.4, 0.5) is 0 Å². The highest BCUT2D eigenvalue weighted by Gasteiger charge is 2.28. The Kier molecular flexibility index (Phi) is 11.0. The summed E-state index contributed by atoms with van der Waals surface area (Å²) in [5.74, 6) is 0.867. The molecule has 0 aliphatic heterocycles. The zero-order chi connectivity index (χ0) is 27.5. The van der Waals surface area contributed by atoms with Crippen LogP contribution in [0.15, 0.2) is 60.7 Å². The number of amides is 1. The highest BCUT2D eigenvalue weighted by Crippen LogP contribution is 2.30. The average molecular weight is 541 g/mol. The predicted octanol–water partition coefficient (Wildman–Crippen LogP) is 5.22. The second-order valence-electron chi connectivity index (χ2n) is 9.61. The van der Waals surface area contributed by atoms with Gasteiger partial charge in [0, 0.05) is 6.54 Å². The van der Waals surface area contributed by atoms with E-state index in [4.69, 9.17) is 9.47 Å². The van der Waals surface area contributed by atoms with Crippen LogP contribution < -0.4 is 19.5 Å². The van der Waals surface area contributed by atoms with Gasteiger partial charge in [-0.1, -0.05) is 82.1 Å². The molecule has 0 heterocycles. The fourth-order valence-corrected chi connectivity index (χ4v) is 5.76. The molecule has 3 aromatic rings. The van der Waals surface area contributed by atoms with Crippen molar-refractivity contribution in [2.45, 2.75) is 59.1 Å². The van der Waals surface area contributed by atoms with Crippen molar-refractivity contribution in [3.05, 3.63) is 71.8 Å². The van der Waals surface area contributed by atoms with Crippen LogP contribution in [0.2, 0.25) is 0 Å². The molecular weight excluding hydrogens is 500 g/mol. The second kappa shape index (κ2) is 14.2. The zero-order valence-electron chi connectivity index (χ0n) is 22.8. The molecule has 8 heteroatoms. The van der Waals surface area contributed by atoms with Crippen molar-refractivity contribution >= 4 is 26.7 Å². The van der Waals surface area contributed by atoms with Crippen LogP contribution in [0.1, 0.15) is 51.2 Å². The van der Waals surface area contributed by atoms with Crippen LogP contribution in [-0.2, 0) is 27.8 Å². The van der Waals surface area contributed by atoms with E-state index in [1.54, 1.807) is 7.11 Å². The molecule has 206 valence electrons. The van der Waals surface area contributed by atoms with E-state index in [1.165, 1.54) is 5.39 Å². The summed E-state index contributed by atoms with van der Waals surface area (Å²) in [4.78, 5) is 12.9. The Morgan fingerprint density at radius 2 is 1.76 bits per heavy atom. The van der Waals surface area contributed by atoms with Gasteiger partial charge in [-0.25, -0.2) is 13.1 Å². The summed E-state index contributed by atoms with van der Waals surface area (Å²) in [5.41, 5.74) is 2.07. The molecule has 3 aromatic carbocycles. The van der Waals surface area contributed by atoms with E-state index in [1.807, 2.05) is 57.2 Å². The molecule has 0 aliphatic rings. The van der Waals surface area contributed by atoms with E-state index < -0.39 is 16.1 Å². The monoisotopic (exact) mass is 540 g/mol. The fourth-order valence-electron chi connectivity index (χ4n) is 4.25. The van der Waals surface area contributed by atoms with Crippen molar-refractivity contribution in [2.75, 3.05) is 19.4 Å². The summed E-state index contributed by atoms with van der Waals surface area (Å²) in [5, 5.41) is 5.23. The van der Waals surface area contributed by atoms with Gasteiger partial charge >= 0.3 is 0 Å². The quantitative estimate of drug-likeness (QED) is 0.276. The van der Waals surface area contributed by atoms with Crippen molar-refractivity contribution in [1.82, 2.24) is 10.0 Å². The number of benzene rings is 3. The van der Waals surface area contributed by atoms with Gasteiger partial charge in [-0.2, -0.15) is 0 Å². The van der Waals surface area contributed by atoms with Gasteiger partial charge in [-0.05, 0) is 52.8 Å². The lowest BCUT2D eigenvalue weighted by Gasteiger charge is -2.23. The highest BCUT2D eigenvalue weighted by molar-refractivity contribution is 7.89. The molecule has 0 saturated heterocycles. The topological polar surface area (TPSA) is 93.7 Å². The first-order valence-corrected chi connectivity index (χ1v) is 15.0. The molecule has 2 N–H and O–H groups in total. The minimum atomic E-state index is -3.51. The maximum absolute atomic E-state index is 12.9. The van der Waals surface area contributed by atoms with Crippen molar-refractivity contribution in [3.8, 4) is 11.5 Å². The van der Waals surface area contributed by atoms with Crippen LogP contribution in [0.25, 0.3) is 10.8 Å². The van der Waals surface area contributed by atoms with Crippen molar-refractivity contribution in [1.29, 1.82) is 0 Å². The van der Waals surface area contributed by atoms with Gasteiger partial charge in [-0.15, -0.1) is 0 Å². The summed E-state index contributed by atoms with van der Waals surface area (Å²) in [7, 11) is -1.91. The molecule has 0 fully saturated rings. The Hall–Kier alpha value is -3.10. The Morgan fingerprint density at radius 3 is 2.50 bits per heavy atom. The molecule has 1 amide bonds. The summed E-state index contributed by atoms with van der Waals surface area (Å²) in [6.45, 7) is 6.56. The molecule has 2 atom stereocenters. The largest absolute Gasteiger partial charge is 0.493 e. The van der Waals surface area contributed by atoms with Gasteiger partial charge in [0.25, 0.3) is 0 Å². The van der Waals surface area contributed by atoms with E-state index in [2.05, 4.69) is 34.3 Å². The molecule has 0 spiro atoms. The number of fused-ring (bicyclic) bond motifs is 1. The van der Waals surface area contributed by atoms with Gasteiger partial charge in [0.1, 0.15) is 12.6 Å². The molecule has 0 aromatic heterocycles. The van der Waals surface area contributed by atoms with Gasteiger partial charge in [0.2, 0.25) is 15.9 Å². The first-order chi connectivity index (χ1) is 18.3. The van der Waals surface area contributed by atoms with Crippen molar-refractivity contribution in [3.63, 3.8) is 0 Å². The second-order valence-corrected chi connectivity index (χ2v) is 11.5. The number of unbranched alkanes of at least 4 members (excludes halogenated alkanes) is 1. The molecule has 0 saturated carbocycles. The third-order valence-corrected chi connectivity index (χ3v) is 8.21. The summed E-state index contributed by atoms with van der Waals surface area (Å²) < 4.78 is 39.1. The average Bonchev–Trinajstić information content (AvgIpc) is 2.93. The molecular formula is C30H40N2O5S. The Morgan fingerprint density at radius 1 is 1.00 bits per heavy atom. The van der Waals surface area contributed by atoms with Crippen molar-refractivity contribution in [2.24, 2.45) is 5.92 Å². The normalized spacial score (nSPS) is 13.2. The lowest BCUT2D eigenvalue weighted by molar-refractivity contribution is -0.123. The van der Waals surface area contributed by atoms with Crippen LogP contribution >= 0.6 is 0 Å². The molecule has 0 unspecified atom stereocenters. The van der Waals surface area contributed by atoms with Gasteiger partial charge in [-0.3, -0.25) is 4.79 Å². The molecule has 0 bridgehead atoms. The Balaban J connectivity index is 1.59. The highest BCUT2D eigenvalue weighted by atomic mass is 32.2. The van der Waals surface area contributed by atoms with Gasteiger partial charge in [0.15, 0.2) is 11.5 Å². The molecule has 3 rings (SSSR count). The fraction of sp³-hybridized carbons (Fsp3) is 0.433. The SMILES string of the molecule is CCCCS(=O)(=O)N[C@H](C(=O)NCCc1ccc(OCc2cccc3ccccc23)c(OC)c1)[C@@H](C)CC. The number of methoxy groups -OCH3 is 1. The summed E-state index contributed by atoms with van der Waals surface area (Å²) in [6.07, 6.45) is 2.60. The maximum atomic E-state index is 12.9. The lowest BCUT2D eigenvalue weighted by Crippen LogP contribution is -2.51. The molecule has 38 heavy (non-hydrogen) atoms. The van der Waals surface area contributed by atoms with Crippen LogP contribution in [0, 0.1) is 5.92 Å². The Bertz CT molecular complexity index is 1300. The summed E-state index contributed by atoms with van der Waals surface area (Å²) in [6, 6.07) is 19.3. The number of nitrogens with one attached hydrogen (secondary N) is 2. The third kappa shape index (κ3) is 8.20. The number of carbonyl (C=O) groups is 1. The first kappa shape index (κ1) is 29.5. The standard InChI is InChI=1S/C30H40N2O5S/c1-5-7-19-38(34,35)32-29(22(3)6-2)30(33)31-18-17-23-15-16-27(28(20-23)36-4)37-21-25-13-10-12-24-11-8-9-14-26(24)25/h8-16,20,22,29,32H,5-7,17-19,21H2,1-4H3,(H,31,33)/t22-,29-/m0/s1. The third-order valence-electron chi connectivity index (χ3n) is 6.77. The van der Waals surface area contributed by atoms with Gasteiger partial charge < -0.3 is 14.8 Å². The lowest BCUT2D eigenvalue weighted by atomic mass is 9.99. The molecule has 0 aliphatic carbocycles. The minimum Gasteiger partial charge on any atom is -0.493 e. The number of carbonyl (C=O) groups excluding carboxylic acids is 1. The Labute approximate surface area is 227 Å². The maximum Gasteiger partial charge on any atom is 0.238 e. The number of ether oxygens (including phenoxy) is 2. The smallest absolute Gasteiger partial charge is 0.238 e. The molecule has 7 nitrogen and oxygen atoms in total. The van der Waals surface area contributed by atoms with E-state index in [9.17, 15) is 13.2 Å². The van der Waals surface area contributed by atoms with E-state index in [0.29, 0.717) is 43.9 Å². The van der Waals surface area contributed by atoms with E-state index >= 15 is 0 Å². The minimum absolute atomic E-state index is 0.0262. The van der Waals surface area contributed by atoms with E-state index in [0.717, 1.165) is 22.9 Å². The van der Waals surface area contributed by atoms with Crippen LogP contribution in [0.5, 0.6) is 11.5 Å². The van der Waals surface area contributed by atoms with E-state index in [-0.39, 0.29) is 17.6 Å². The van der Waals surface area contributed by atoms with Crippen LogP contribution in [0.3, 0.4) is 0 Å². The zero-order valence-corrected chi connectivity index (χ0v) is 23.6. The number of rotatable bonds is 15.